The minimum Gasteiger partial charge on any atom is -0.457 e. The van der Waals surface area contributed by atoms with Crippen molar-refractivity contribution in [3.63, 3.8) is 0 Å². The Morgan fingerprint density at radius 1 is 0.933 bits per heavy atom. The first-order valence-corrected chi connectivity index (χ1v) is 9.91. The Hall–Kier alpha value is -3.26. The van der Waals surface area contributed by atoms with Crippen LogP contribution >= 0.6 is 0 Å². The van der Waals surface area contributed by atoms with Crippen LogP contribution in [0.2, 0.25) is 0 Å². The molecule has 4 atom stereocenters. The van der Waals surface area contributed by atoms with Gasteiger partial charge in [0, 0.05) is 12.1 Å². The minimum absolute atomic E-state index is 0.160. The van der Waals surface area contributed by atoms with Crippen LogP contribution in [0.4, 0.5) is 11.4 Å². The number of carbonyl (C=O) groups is 2. The molecule has 2 aromatic carbocycles. The number of nitro benzene ring substituents is 1. The molecule has 3 aliphatic heterocycles. The maximum atomic E-state index is 13.0. The van der Waals surface area contributed by atoms with E-state index >= 15 is 0 Å². The van der Waals surface area contributed by atoms with Crippen LogP contribution in [-0.4, -0.2) is 28.9 Å². The van der Waals surface area contributed by atoms with Crippen LogP contribution in [0.25, 0.3) is 0 Å². The molecule has 0 saturated carbocycles. The van der Waals surface area contributed by atoms with E-state index in [1.807, 2.05) is 32.0 Å². The molecule has 0 aliphatic carbocycles. The summed E-state index contributed by atoms with van der Waals surface area (Å²) in [5, 5.41) is 11.5. The van der Waals surface area contributed by atoms with Gasteiger partial charge >= 0.3 is 0 Å². The van der Waals surface area contributed by atoms with Gasteiger partial charge in [-0.3, -0.25) is 19.7 Å². The maximum Gasteiger partial charge on any atom is 0.275 e. The Kier molecular flexibility index (Phi) is 4.14. The zero-order valence-electron chi connectivity index (χ0n) is 16.5. The zero-order valence-corrected chi connectivity index (χ0v) is 16.5. The molecular formula is C22H20N2O6. The number of amides is 2. The van der Waals surface area contributed by atoms with E-state index in [0.29, 0.717) is 5.75 Å². The Bertz CT molecular complexity index is 1050. The molecule has 30 heavy (non-hydrogen) atoms. The Labute approximate surface area is 172 Å². The van der Waals surface area contributed by atoms with E-state index in [0.717, 1.165) is 28.9 Å². The van der Waals surface area contributed by atoms with Gasteiger partial charge < -0.3 is 9.47 Å². The van der Waals surface area contributed by atoms with Gasteiger partial charge in [0.1, 0.15) is 11.5 Å². The third kappa shape index (κ3) is 2.87. The normalized spacial score (nSPS) is 26.9. The molecule has 8 heteroatoms. The Balaban J connectivity index is 1.53. The fourth-order valence-electron chi connectivity index (χ4n) is 4.96. The summed E-state index contributed by atoms with van der Waals surface area (Å²) in [5.41, 5.74) is 1.89. The summed E-state index contributed by atoms with van der Waals surface area (Å²) in [6.45, 7) is 3.85. The summed E-state index contributed by atoms with van der Waals surface area (Å²) in [5.74, 6) is -0.980. The molecule has 3 saturated heterocycles. The molecule has 3 aliphatic rings. The summed E-state index contributed by atoms with van der Waals surface area (Å²) >= 11 is 0. The number of hydrogen-bond acceptors (Lipinski definition) is 6. The van der Waals surface area contributed by atoms with Gasteiger partial charge in [-0.05, 0) is 49.9 Å². The van der Waals surface area contributed by atoms with E-state index < -0.39 is 16.8 Å². The molecule has 0 aromatic heterocycles. The summed E-state index contributed by atoms with van der Waals surface area (Å²) in [6, 6.07) is 9.66. The number of nitro groups is 1. The Morgan fingerprint density at radius 2 is 1.50 bits per heavy atom. The maximum absolute atomic E-state index is 13.0. The van der Waals surface area contributed by atoms with E-state index in [9.17, 15) is 19.7 Å². The smallest absolute Gasteiger partial charge is 0.275 e. The molecule has 0 spiro atoms. The fraction of sp³-hybridized carbons (Fsp3) is 0.364. The standard InChI is InChI=1S/C22H20N2O6/c1-11-5-12(2)7-15(6-11)29-16-9-13(8-14(10-16)24(27)28)23-21(25)19-17-3-4-18(30-17)20(19)22(23)26/h5-10,17-20H,3-4H2,1-2H3/t17-,18-,19-,20+/m1/s1. The average molecular weight is 408 g/mol. The highest BCUT2D eigenvalue weighted by Crippen LogP contribution is 2.50. The van der Waals surface area contributed by atoms with Gasteiger partial charge in [0.25, 0.3) is 5.69 Å². The van der Waals surface area contributed by atoms with Crippen LogP contribution < -0.4 is 9.64 Å². The van der Waals surface area contributed by atoms with Crippen molar-refractivity contribution in [2.45, 2.75) is 38.9 Å². The van der Waals surface area contributed by atoms with Crippen molar-refractivity contribution in [1.29, 1.82) is 0 Å². The second kappa shape index (κ2) is 6.63. The first kappa shape index (κ1) is 18.7. The second-order valence-corrected chi connectivity index (χ2v) is 8.22. The number of ether oxygens (including phenoxy) is 2. The van der Waals surface area contributed by atoms with Gasteiger partial charge in [0.2, 0.25) is 11.8 Å². The predicted molar refractivity (Wildman–Crippen MR) is 106 cm³/mol. The second-order valence-electron chi connectivity index (χ2n) is 8.22. The molecule has 0 radical (unpaired) electrons. The summed E-state index contributed by atoms with van der Waals surface area (Å²) in [4.78, 5) is 38.1. The summed E-state index contributed by atoms with van der Waals surface area (Å²) < 4.78 is 11.6. The molecule has 3 fully saturated rings. The number of aryl methyl sites for hydroxylation is 2. The molecule has 154 valence electrons. The van der Waals surface area contributed by atoms with E-state index in [1.54, 1.807) is 0 Å². The number of hydrogen-bond donors (Lipinski definition) is 0. The van der Waals surface area contributed by atoms with Crippen LogP contribution in [0.5, 0.6) is 11.5 Å². The van der Waals surface area contributed by atoms with E-state index in [-0.39, 0.29) is 41.1 Å². The van der Waals surface area contributed by atoms with Crippen molar-refractivity contribution in [2.75, 3.05) is 4.90 Å². The van der Waals surface area contributed by atoms with Crippen LogP contribution in [0.3, 0.4) is 0 Å². The number of nitrogens with zero attached hydrogens (tertiary/aromatic N) is 2. The molecule has 2 amide bonds. The lowest BCUT2D eigenvalue weighted by atomic mass is 9.81. The number of anilines is 1. The summed E-state index contributed by atoms with van der Waals surface area (Å²) in [6.07, 6.45) is 1.03. The fourth-order valence-corrected chi connectivity index (χ4v) is 4.96. The monoisotopic (exact) mass is 408 g/mol. The van der Waals surface area contributed by atoms with Crippen molar-refractivity contribution < 1.29 is 24.0 Å². The highest BCUT2D eigenvalue weighted by molar-refractivity contribution is 6.23. The number of carbonyl (C=O) groups excluding carboxylic acids is 2. The van der Waals surface area contributed by atoms with E-state index in [4.69, 9.17) is 9.47 Å². The van der Waals surface area contributed by atoms with Crippen LogP contribution in [0, 0.1) is 35.8 Å². The van der Waals surface area contributed by atoms with Crippen molar-refractivity contribution in [1.82, 2.24) is 0 Å². The highest BCUT2D eigenvalue weighted by atomic mass is 16.6. The number of imide groups is 1. The lowest BCUT2D eigenvalue weighted by Gasteiger charge is -2.18. The van der Waals surface area contributed by atoms with Gasteiger partial charge in [-0.2, -0.15) is 0 Å². The van der Waals surface area contributed by atoms with Crippen molar-refractivity contribution in [2.24, 2.45) is 11.8 Å². The van der Waals surface area contributed by atoms with E-state index in [2.05, 4.69) is 0 Å². The molecular weight excluding hydrogens is 388 g/mol. The quantitative estimate of drug-likeness (QED) is 0.435. The highest BCUT2D eigenvalue weighted by Gasteiger charge is 2.62. The largest absolute Gasteiger partial charge is 0.457 e. The van der Waals surface area contributed by atoms with Crippen molar-refractivity contribution >= 4 is 23.2 Å². The van der Waals surface area contributed by atoms with Crippen LogP contribution in [-0.2, 0) is 14.3 Å². The van der Waals surface area contributed by atoms with Gasteiger partial charge in [0.05, 0.1) is 40.7 Å². The topological polar surface area (TPSA) is 99.0 Å². The third-order valence-corrected chi connectivity index (χ3v) is 6.06. The van der Waals surface area contributed by atoms with Gasteiger partial charge in [-0.15, -0.1) is 0 Å². The molecule has 2 bridgehead atoms. The molecule has 0 N–H and O–H groups in total. The molecule has 0 unspecified atom stereocenters. The average Bonchev–Trinajstić information content (AvgIpc) is 3.34. The van der Waals surface area contributed by atoms with Gasteiger partial charge in [-0.25, -0.2) is 4.90 Å². The molecule has 2 aromatic rings. The summed E-state index contributed by atoms with van der Waals surface area (Å²) in [7, 11) is 0. The van der Waals surface area contributed by atoms with Crippen LogP contribution in [0.1, 0.15) is 24.0 Å². The van der Waals surface area contributed by atoms with E-state index in [1.165, 1.54) is 18.2 Å². The number of non-ortho nitro benzene ring substituents is 1. The first-order valence-electron chi connectivity index (χ1n) is 9.91. The predicted octanol–water partition coefficient (Wildman–Crippen LogP) is 3.67. The van der Waals surface area contributed by atoms with Gasteiger partial charge in [0.15, 0.2) is 0 Å². The molecule has 3 heterocycles. The SMILES string of the molecule is Cc1cc(C)cc(Oc2cc(N3C(=O)[C@@H]4[C@H](C3=O)[C@H]3CC[C@H]4O3)cc([N+](=O)[O-])c2)c1. The van der Waals surface area contributed by atoms with Crippen LogP contribution in [0.15, 0.2) is 36.4 Å². The number of rotatable bonds is 4. The van der Waals surface area contributed by atoms with Gasteiger partial charge in [-0.1, -0.05) is 6.07 Å². The number of benzene rings is 2. The van der Waals surface area contributed by atoms with Crippen molar-refractivity contribution in [3.8, 4) is 11.5 Å². The molecule has 8 nitrogen and oxygen atoms in total. The molecule has 5 rings (SSSR count). The lowest BCUT2D eigenvalue weighted by molar-refractivity contribution is -0.384. The lowest BCUT2D eigenvalue weighted by Crippen LogP contribution is -2.34. The third-order valence-electron chi connectivity index (χ3n) is 6.06. The Morgan fingerprint density at radius 3 is 2.07 bits per heavy atom. The number of fused-ring (bicyclic) bond motifs is 5. The minimum atomic E-state index is -0.559. The zero-order chi connectivity index (χ0) is 21.2. The first-order chi connectivity index (χ1) is 14.3. The van der Waals surface area contributed by atoms with Crippen molar-refractivity contribution in [3.05, 3.63) is 57.6 Å².